The highest BCUT2D eigenvalue weighted by molar-refractivity contribution is 7.91. The summed E-state index contributed by atoms with van der Waals surface area (Å²) in [5, 5.41) is 9.69. The highest BCUT2D eigenvalue weighted by atomic mass is 32.2. The van der Waals surface area contributed by atoms with Crippen LogP contribution in [0, 0.1) is 5.92 Å². The Hall–Kier alpha value is -4.27. The summed E-state index contributed by atoms with van der Waals surface area (Å²) in [5.41, 5.74) is 1.27. The van der Waals surface area contributed by atoms with E-state index in [-0.39, 0.29) is 30.8 Å². The molecule has 4 unspecified atom stereocenters. The minimum Gasteiger partial charge on any atom is -0.444 e. The molecular formula is C42H51N5O7S2. The van der Waals surface area contributed by atoms with E-state index in [4.69, 9.17) is 4.74 Å². The number of sulfonamides is 1. The molecule has 3 N–H and O–H groups in total. The number of nitrogens with zero attached hydrogens (tertiary/aromatic N) is 2. The number of ether oxygens (including phenoxy) is 1. The highest BCUT2D eigenvalue weighted by Gasteiger charge is 2.62. The number of thiophene rings is 1. The molecule has 3 aromatic rings. The van der Waals surface area contributed by atoms with Crippen molar-refractivity contribution in [1.29, 1.82) is 0 Å². The smallest absolute Gasteiger partial charge is 0.408 e. The van der Waals surface area contributed by atoms with Gasteiger partial charge in [-0.1, -0.05) is 49.3 Å². The van der Waals surface area contributed by atoms with Crippen molar-refractivity contribution in [3.63, 3.8) is 0 Å². The first kappa shape index (κ1) is 38.6. The minimum absolute atomic E-state index is 0.223. The quantitative estimate of drug-likeness (QED) is 0.267. The molecule has 298 valence electrons. The zero-order valence-corrected chi connectivity index (χ0v) is 33.8. The van der Waals surface area contributed by atoms with Crippen molar-refractivity contribution in [2.45, 2.75) is 126 Å². The summed E-state index contributed by atoms with van der Waals surface area (Å²) in [6.45, 7) is 6.76. The summed E-state index contributed by atoms with van der Waals surface area (Å²) in [4.78, 5) is 61.4. The number of nitrogens with one attached hydrogen (secondary N) is 3. The first-order valence-electron chi connectivity index (χ1n) is 19.9. The van der Waals surface area contributed by atoms with Gasteiger partial charge in [-0.15, -0.1) is 11.3 Å². The van der Waals surface area contributed by atoms with E-state index in [1.807, 2.05) is 18.2 Å². The number of benzene rings is 2. The number of hydrogen-bond donors (Lipinski definition) is 3. The van der Waals surface area contributed by atoms with E-state index in [2.05, 4.69) is 62.0 Å². The Balaban J connectivity index is 1.11. The number of carbonyl (C=O) groups is 4. The average molecular weight is 802 g/mol. The van der Waals surface area contributed by atoms with Gasteiger partial charge >= 0.3 is 6.09 Å². The van der Waals surface area contributed by atoms with Crippen LogP contribution in [0.25, 0.3) is 21.2 Å². The van der Waals surface area contributed by atoms with Crippen LogP contribution in [0.5, 0.6) is 0 Å². The number of fused-ring (bicyclic) bond motifs is 2. The first-order chi connectivity index (χ1) is 26.7. The average Bonchev–Trinajstić information content (AvgIpc) is 3.99. The largest absolute Gasteiger partial charge is 0.444 e. The minimum atomic E-state index is -3.87. The van der Waals surface area contributed by atoms with Gasteiger partial charge in [0.15, 0.2) is 0 Å². The summed E-state index contributed by atoms with van der Waals surface area (Å²) in [6, 6.07) is 12.9. The summed E-state index contributed by atoms with van der Waals surface area (Å²) >= 11 is 1.69. The second kappa shape index (κ2) is 14.9. The Morgan fingerprint density at radius 2 is 1.80 bits per heavy atom. The normalized spacial score (nSPS) is 27.9. The molecule has 2 aliphatic carbocycles. The highest BCUT2D eigenvalue weighted by Crippen LogP contribution is 2.46. The van der Waals surface area contributed by atoms with E-state index in [0.717, 1.165) is 24.8 Å². The number of allylic oxidation sites excluding steroid dienone is 1. The Morgan fingerprint density at radius 1 is 1.00 bits per heavy atom. The van der Waals surface area contributed by atoms with E-state index in [0.29, 0.717) is 45.2 Å². The van der Waals surface area contributed by atoms with Crippen molar-refractivity contribution in [3.05, 3.63) is 71.1 Å². The molecule has 1 aromatic heterocycles. The number of alkyl carbamates (subject to hydrolysis) is 1. The van der Waals surface area contributed by atoms with Gasteiger partial charge in [-0.3, -0.25) is 24.0 Å². The summed E-state index contributed by atoms with van der Waals surface area (Å²) < 4.78 is 33.7. The number of hydrogen-bond acceptors (Lipinski definition) is 9. The third kappa shape index (κ3) is 7.97. The van der Waals surface area contributed by atoms with E-state index in [1.165, 1.54) is 26.8 Å². The summed E-state index contributed by atoms with van der Waals surface area (Å²) in [6.07, 6.45) is 8.12. The van der Waals surface area contributed by atoms with Crippen molar-refractivity contribution < 1.29 is 32.3 Å². The molecule has 14 heteroatoms. The predicted molar refractivity (Wildman–Crippen MR) is 215 cm³/mol. The van der Waals surface area contributed by atoms with Gasteiger partial charge in [0.05, 0.1) is 5.25 Å². The predicted octanol–water partition coefficient (Wildman–Crippen LogP) is 5.75. The van der Waals surface area contributed by atoms with Crippen LogP contribution in [0.1, 0.15) is 89.7 Å². The third-order valence-corrected chi connectivity index (χ3v) is 14.5. The molecule has 4 amide bonds. The molecule has 0 spiro atoms. The summed E-state index contributed by atoms with van der Waals surface area (Å²) in [5.74, 6) is -2.02. The number of rotatable bonds is 6. The molecule has 12 nitrogen and oxygen atoms in total. The standard InChI is InChI=1S/C42H51N5O7S2/c1-41(2,3)54-40(51)43-33-14-8-6-4-5-7-13-30-22-42(30,39(50)45-56(52,53)32-16-17-32)44-37(48)34-21-31(25-47(34)38(33)49)46-23-27-12-9-11-26-19-28(35-15-10-18-55-35)20-29(24-46)36(26)27/h7,9-13,15,18-20,30-34H,4-6,8,14,16-17,21-25H2,1-3H3,(H,43,51)(H,44,48)(H,45,50)/b13-7+/t30?,31-,33?,34?,42?/m1/s1. The molecule has 5 aliphatic rings. The molecule has 3 aliphatic heterocycles. The Bertz CT molecular complexity index is 2180. The second-order valence-corrected chi connectivity index (χ2v) is 20.0. The molecule has 0 bridgehead atoms. The van der Waals surface area contributed by atoms with Gasteiger partial charge in [0, 0.05) is 36.5 Å². The third-order valence-electron chi connectivity index (χ3n) is 11.8. The van der Waals surface area contributed by atoms with Crippen LogP contribution >= 0.6 is 11.3 Å². The molecule has 0 radical (unpaired) electrons. The van der Waals surface area contributed by atoms with E-state index < -0.39 is 56.4 Å². The molecular weight excluding hydrogens is 751 g/mol. The molecule has 3 fully saturated rings. The molecule has 8 rings (SSSR count). The van der Waals surface area contributed by atoms with Crippen molar-refractivity contribution >= 4 is 55.9 Å². The van der Waals surface area contributed by atoms with Crippen molar-refractivity contribution in [2.75, 3.05) is 6.54 Å². The Labute approximate surface area is 332 Å². The Kier molecular flexibility index (Phi) is 10.3. The molecule has 5 atom stereocenters. The Morgan fingerprint density at radius 3 is 2.55 bits per heavy atom. The van der Waals surface area contributed by atoms with Crippen LogP contribution in [0.3, 0.4) is 0 Å². The van der Waals surface area contributed by atoms with Gasteiger partial charge in [-0.25, -0.2) is 13.2 Å². The van der Waals surface area contributed by atoms with E-state index in [1.54, 1.807) is 37.0 Å². The fraction of sp³-hybridized carbons (Fsp3) is 0.524. The van der Waals surface area contributed by atoms with Crippen LogP contribution in [0.2, 0.25) is 0 Å². The lowest BCUT2D eigenvalue weighted by molar-refractivity contribution is -0.141. The summed E-state index contributed by atoms with van der Waals surface area (Å²) in [7, 11) is -3.87. The maximum atomic E-state index is 14.7. The van der Waals surface area contributed by atoms with Gasteiger partial charge in [-0.05, 0) is 117 Å². The second-order valence-electron chi connectivity index (χ2n) is 17.1. The number of amides is 4. The van der Waals surface area contributed by atoms with Crippen LogP contribution in [0.4, 0.5) is 4.79 Å². The topological polar surface area (TPSA) is 154 Å². The number of carbonyl (C=O) groups excluding carboxylic acids is 4. The van der Waals surface area contributed by atoms with Crippen molar-refractivity contribution in [2.24, 2.45) is 5.92 Å². The van der Waals surface area contributed by atoms with Crippen LogP contribution in [-0.4, -0.2) is 83.1 Å². The maximum Gasteiger partial charge on any atom is 0.408 e. The molecule has 4 heterocycles. The fourth-order valence-electron chi connectivity index (χ4n) is 8.69. The zero-order chi connectivity index (χ0) is 39.4. The lowest BCUT2D eigenvalue weighted by Crippen LogP contribution is -2.58. The lowest BCUT2D eigenvalue weighted by Gasteiger charge is -2.34. The SMILES string of the molecule is CC(C)(C)OC(=O)NC1CCCCC/C=C/C2CC2(C(=O)NS(=O)(=O)C2CC2)NC(=O)C2C[C@@H](N3Cc4cccc5cc(-c6cccs6)cc(c45)C3)CN2C1=O. The van der Waals surface area contributed by atoms with E-state index in [9.17, 15) is 27.6 Å². The molecule has 2 aromatic carbocycles. The van der Waals surface area contributed by atoms with Crippen LogP contribution in [-0.2, 0) is 42.2 Å². The molecule has 56 heavy (non-hydrogen) atoms. The van der Waals surface area contributed by atoms with Gasteiger partial charge in [-0.2, -0.15) is 0 Å². The van der Waals surface area contributed by atoms with E-state index >= 15 is 0 Å². The first-order valence-corrected chi connectivity index (χ1v) is 22.3. The monoisotopic (exact) mass is 801 g/mol. The lowest BCUT2D eigenvalue weighted by atomic mass is 9.92. The van der Waals surface area contributed by atoms with Crippen LogP contribution in [0.15, 0.2) is 60.0 Å². The maximum absolute atomic E-state index is 14.7. The van der Waals surface area contributed by atoms with Gasteiger partial charge in [0.25, 0.3) is 5.91 Å². The van der Waals surface area contributed by atoms with Gasteiger partial charge in [0.2, 0.25) is 21.8 Å². The van der Waals surface area contributed by atoms with Crippen LogP contribution < -0.4 is 15.4 Å². The molecule has 2 saturated carbocycles. The fourth-order valence-corrected chi connectivity index (χ4v) is 10.8. The van der Waals surface area contributed by atoms with Gasteiger partial charge < -0.3 is 20.3 Å². The molecule has 1 saturated heterocycles. The van der Waals surface area contributed by atoms with Gasteiger partial charge in [0.1, 0.15) is 23.2 Å². The van der Waals surface area contributed by atoms with Crippen molar-refractivity contribution in [3.8, 4) is 10.4 Å². The zero-order valence-electron chi connectivity index (χ0n) is 32.2. The van der Waals surface area contributed by atoms with Crippen molar-refractivity contribution in [1.82, 2.24) is 25.2 Å².